The predicted molar refractivity (Wildman–Crippen MR) is 94.7 cm³/mol. The molecule has 0 bridgehead atoms. The molecule has 114 valence electrons. The number of nitrogens with zero attached hydrogens (tertiary/aromatic N) is 1. The van der Waals surface area contributed by atoms with Crippen LogP contribution in [0.15, 0.2) is 41.4 Å². The van der Waals surface area contributed by atoms with Gasteiger partial charge >= 0.3 is 0 Å². The summed E-state index contributed by atoms with van der Waals surface area (Å²) in [4.78, 5) is 4.50. The average molecular weight is 354 g/mol. The average Bonchev–Trinajstić information content (AvgIpc) is 3.04. The van der Waals surface area contributed by atoms with Gasteiger partial charge in [-0.2, -0.15) is 0 Å². The van der Waals surface area contributed by atoms with Crippen LogP contribution in [0.5, 0.6) is 0 Å². The molecule has 2 nitrogen and oxygen atoms in total. The molecule has 0 aromatic heterocycles. The third kappa shape index (κ3) is 3.40. The molecule has 1 heterocycles. The molecule has 1 N–H and O–H groups in total. The molecule has 0 aliphatic carbocycles. The van der Waals surface area contributed by atoms with Crippen LogP contribution in [0, 0.1) is 0 Å². The Morgan fingerprint density at radius 3 is 2.55 bits per heavy atom. The maximum Gasteiger partial charge on any atom is 0.128 e. The molecular weight excluding hydrogens is 339 g/mol. The Morgan fingerprint density at radius 2 is 1.77 bits per heavy atom. The van der Waals surface area contributed by atoms with Gasteiger partial charge in [0.25, 0.3) is 0 Å². The van der Waals surface area contributed by atoms with Crippen LogP contribution in [0.25, 0.3) is 0 Å². The van der Waals surface area contributed by atoms with Gasteiger partial charge < -0.3 is 5.32 Å². The normalized spacial score (nSPS) is 13.9. The smallest absolute Gasteiger partial charge is 0.128 e. The van der Waals surface area contributed by atoms with Crippen molar-refractivity contribution in [1.29, 1.82) is 0 Å². The van der Waals surface area contributed by atoms with Crippen molar-refractivity contribution in [1.82, 2.24) is 5.32 Å². The first-order valence-corrected chi connectivity index (χ1v) is 8.28. The van der Waals surface area contributed by atoms with Crippen molar-refractivity contribution in [3.63, 3.8) is 0 Å². The van der Waals surface area contributed by atoms with Crippen LogP contribution in [0.2, 0.25) is 15.1 Å². The number of hydrogen-bond donors (Lipinski definition) is 1. The monoisotopic (exact) mass is 352 g/mol. The van der Waals surface area contributed by atoms with Gasteiger partial charge in [-0.15, -0.1) is 0 Å². The van der Waals surface area contributed by atoms with E-state index >= 15 is 0 Å². The van der Waals surface area contributed by atoms with E-state index in [0.717, 1.165) is 42.9 Å². The SMILES string of the molecule is Clc1cc(Cl)c(Cl)c(CCc2ccccc2C2=NCCN2)c1. The van der Waals surface area contributed by atoms with Crippen LogP contribution >= 0.6 is 34.8 Å². The lowest BCUT2D eigenvalue weighted by Gasteiger charge is -2.11. The standard InChI is InChI=1S/C17H15Cl3N2/c18-13-9-12(16(20)15(19)10-13)6-5-11-3-1-2-4-14(11)17-21-7-8-22-17/h1-4,9-10H,5-8H2,(H,21,22). The first-order valence-electron chi connectivity index (χ1n) is 7.15. The zero-order valence-electron chi connectivity index (χ0n) is 11.9. The lowest BCUT2D eigenvalue weighted by molar-refractivity contribution is 0.946. The molecule has 5 heteroatoms. The molecule has 3 rings (SSSR count). The van der Waals surface area contributed by atoms with Crippen LogP contribution in [-0.4, -0.2) is 18.9 Å². The van der Waals surface area contributed by atoms with Gasteiger partial charge in [-0.25, -0.2) is 0 Å². The Kier molecular flexibility index (Phi) is 4.92. The number of halogens is 3. The van der Waals surface area contributed by atoms with E-state index in [4.69, 9.17) is 34.8 Å². The van der Waals surface area contributed by atoms with E-state index < -0.39 is 0 Å². The Balaban J connectivity index is 1.83. The largest absolute Gasteiger partial charge is 0.368 e. The van der Waals surface area contributed by atoms with Gasteiger partial charge in [0.1, 0.15) is 5.84 Å². The van der Waals surface area contributed by atoms with Crippen molar-refractivity contribution in [3.8, 4) is 0 Å². The summed E-state index contributed by atoms with van der Waals surface area (Å²) in [7, 11) is 0. The van der Waals surface area contributed by atoms with Crippen LogP contribution in [0.4, 0.5) is 0 Å². The number of benzene rings is 2. The van der Waals surface area contributed by atoms with Crippen LogP contribution < -0.4 is 5.32 Å². The highest BCUT2D eigenvalue weighted by atomic mass is 35.5. The Morgan fingerprint density at radius 1 is 1.00 bits per heavy atom. The maximum atomic E-state index is 6.27. The lowest BCUT2D eigenvalue weighted by atomic mass is 9.99. The molecule has 2 aromatic rings. The summed E-state index contributed by atoms with van der Waals surface area (Å²) in [6, 6.07) is 11.8. The van der Waals surface area contributed by atoms with E-state index in [2.05, 4.69) is 22.4 Å². The van der Waals surface area contributed by atoms with Gasteiger partial charge in [-0.1, -0.05) is 59.1 Å². The third-order valence-electron chi connectivity index (χ3n) is 3.68. The van der Waals surface area contributed by atoms with Gasteiger partial charge in [0, 0.05) is 17.1 Å². The highest BCUT2D eigenvalue weighted by molar-refractivity contribution is 6.43. The molecule has 0 amide bonds. The molecule has 0 radical (unpaired) electrons. The van der Waals surface area contributed by atoms with E-state index in [-0.39, 0.29) is 0 Å². The summed E-state index contributed by atoms with van der Waals surface area (Å²) in [5, 5.41) is 5.02. The number of amidine groups is 1. The summed E-state index contributed by atoms with van der Waals surface area (Å²) in [6.07, 6.45) is 1.64. The third-order valence-corrected chi connectivity index (χ3v) is 4.74. The number of hydrogen-bond acceptors (Lipinski definition) is 2. The van der Waals surface area contributed by atoms with E-state index in [1.165, 1.54) is 5.56 Å². The second-order valence-electron chi connectivity index (χ2n) is 5.17. The fraction of sp³-hybridized carbons (Fsp3) is 0.235. The topological polar surface area (TPSA) is 24.4 Å². The summed E-state index contributed by atoms with van der Waals surface area (Å²) >= 11 is 18.4. The molecule has 1 aliphatic rings. The van der Waals surface area contributed by atoms with Crippen molar-refractivity contribution < 1.29 is 0 Å². The van der Waals surface area contributed by atoms with Crippen LogP contribution in [-0.2, 0) is 12.8 Å². The number of aryl methyl sites for hydroxylation is 2. The van der Waals surface area contributed by atoms with E-state index in [1.807, 2.05) is 18.2 Å². The van der Waals surface area contributed by atoms with Crippen molar-refractivity contribution in [3.05, 3.63) is 68.2 Å². The number of aliphatic imine (C=N–C) groups is 1. The van der Waals surface area contributed by atoms with Crippen molar-refractivity contribution >= 4 is 40.6 Å². The molecule has 0 saturated carbocycles. The molecule has 0 spiro atoms. The minimum absolute atomic E-state index is 0.499. The second-order valence-corrected chi connectivity index (χ2v) is 6.40. The van der Waals surface area contributed by atoms with E-state index in [9.17, 15) is 0 Å². The number of nitrogens with one attached hydrogen (secondary N) is 1. The predicted octanol–water partition coefficient (Wildman–Crippen LogP) is 4.78. The van der Waals surface area contributed by atoms with Gasteiger partial charge in [-0.3, -0.25) is 4.99 Å². The minimum atomic E-state index is 0.499. The Hall–Kier alpha value is -1.22. The summed E-state index contributed by atoms with van der Waals surface area (Å²) in [5.41, 5.74) is 3.36. The highest BCUT2D eigenvalue weighted by Crippen LogP contribution is 2.30. The van der Waals surface area contributed by atoms with Gasteiger partial charge in [0.15, 0.2) is 0 Å². The van der Waals surface area contributed by atoms with E-state index in [0.29, 0.717) is 15.1 Å². The zero-order valence-corrected chi connectivity index (χ0v) is 14.1. The lowest BCUT2D eigenvalue weighted by Crippen LogP contribution is -2.21. The summed E-state index contributed by atoms with van der Waals surface area (Å²) < 4.78 is 0. The summed E-state index contributed by atoms with van der Waals surface area (Å²) in [5.74, 6) is 0.978. The van der Waals surface area contributed by atoms with Gasteiger partial charge in [0.2, 0.25) is 0 Å². The zero-order chi connectivity index (χ0) is 15.5. The fourth-order valence-corrected chi connectivity index (χ4v) is 3.35. The molecule has 2 aromatic carbocycles. The maximum absolute atomic E-state index is 6.27. The summed E-state index contributed by atoms with van der Waals surface area (Å²) in [6.45, 7) is 1.73. The first kappa shape index (κ1) is 15.7. The highest BCUT2D eigenvalue weighted by Gasteiger charge is 2.13. The first-order chi connectivity index (χ1) is 10.6. The van der Waals surface area contributed by atoms with Gasteiger partial charge in [-0.05, 0) is 36.1 Å². The van der Waals surface area contributed by atoms with Crippen LogP contribution in [0.3, 0.4) is 0 Å². The van der Waals surface area contributed by atoms with Crippen molar-refractivity contribution in [2.45, 2.75) is 12.8 Å². The van der Waals surface area contributed by atoms with Crippen molar-refractivity contribution in [2.75, 3.05) is 13.1 Å². The molecular formula is C17H15Cl3N2. The second kappa shape index (κ2) is 6.91. The van der Waals surface area contributed by atoms with Crippen LogP contribution in [0.1, 0.15) is 16.7 Å². The van der Waals surface area contributed by atoms with E-state index in [1.54, 1.807) is 6.07 Å². The van der Waals surface area contributed by atoms with Crippen molar-refractivity contribution in [2.24, 2.45) is 4.99 Å². The Labute approximate surface area is 145 Å². The quantitative estimate of drug-likeness (QED) is 0.786. The minimum Gasteiger partial charge on any atom is -0.368 e. The fourth-order valence-electron chi connectivity index (χ4n) is 2.61. The molecule has 0 atom stereocenters. The molecule has 0 fully saturated rings. The Bertz CT molecular complexity index is 726. The molecule has 0 unspecified atom stereocenters. The molecule has 0 saturated heterocycles. The molecule has 1 aliphatic heterocycles. The number of rotatable bonds is 4. The molecule has 22 heavy (non-hydrogen) atoms. The van der Waals surface area contributed by atoms with Gasteiger partial charge in [0.05, 0.1) is 16.6 Å².